The molecule has 124 valence electrons. The van der Waals surface area contributed by atoms with E-state index in [-0.39, 0.29) is 18.1 Å². The van der Waals surface area contributed by atoms with Crippen LogP contribution in [0.1, 0.15) is 18.1 Å². The Labute approximate surface area is 143 Å². The molecular formula is C18H14FN5O. The van der Waals surface area contributed by atoms with Gasteiger partial charge in [-0.1, -0.05) is 18.1 Å². The SMILES string of the molecule is C#Cc1cccc(CN(C(C)=O)c2cc(-c3nnn[nH]3)ccc2F)c1. The molecule has 0 bridgehead atoms. The zero-order chi connectivity index (χ0) is 17.8. The normalized spacial score (nSPS) is 10.3. The van der Waals surface area contributed by atoms with Crippen molar-refractivity contribution in [2.45, 2.75) is 13.5 Å². The number of aromatic amines is 1. The van der Waals surface area contributed by atoms with Crippen LogP contribution in [0.3, 0.4) is 0 Å². The van der Waals surface area contributed by atoms with Crippen LogP contribution < -0.4 is 4.90 Å². The van der Waals surface area contributed by atoms with Crippen molar-refractivity contribution in [2.75, 3.05) is 4.90 Å². The van der Waals surface area contributed by atoms with Crippen LogP contribution in [0.4, 0.5) is 10.1 Å². The van der Waals surface area contributed by atoms with Gasteiger partial charge in [0.25, 0.3) is 0 Å². The molecule has 0 aliphatic heterocycles. The van der Waals surface area contributed by atoms with E-state index in [1.54, 1.807) is 18.2 Å². The fourth-order valence-corrected chi connectivity index (χ4v) is 2.46. The number of amides is 1. The van der Waals surface area contributed by atoms with Crippen LogP contribution in [0.15, 0.2) is 42.5 Å². The summed E-state index contributed by atoms with van der Waals surface area (Å²) in [5, 5.41) is 13.4. The average Bonchev–Trinajstić information content (AvgIpc) is 3.15. The van der Waals surface area contributed by atoms with Crippen molar-refractivity contribution < 1.29 is 9.18 Å². The van der Waals surface area contributed by atoms with E-state index >= 15 is 0 Å². The number of carbonyl (C=O) groups is 1. The lowest BCUT2D eigenvalue weighted by Crippen LogP contribution is -2.28. The molecule has 0 saturated heterocycles. The molecule has 25 heavy (non-hydrogen) atoms. The van der Waals surface area contributed by atoms with Crippen molar-refractivity contribution in [1.29, 1.82) is 0 Å². The number of carbonyl (C=O) groups excluding carboxylic acids is 1. The number of aromatic nitrogens is 4. The van der Waals surface area contributed by atoms with Crippen LogP contribution in [-0.4, -0.2) is 26.5 Å². The minimum atomic E-state index is -0.514. The van der Waals surface area contributed by atoms with Gasteiger partial charge in [-0.05, 0) is 46.3 Å². The number of hydrogen-bond donors (Lipinski definition) is 1. The monoisotopic (exact) mass is 335 g/mol. The number of nitrogens with zero attached hydrogens (tertiary/aromatic N) is 4. The smallest absolute Gasteiger partial charge is 0.224 e. The van der Waals surface area contributed by atoms with Gasteiger partial charge >= 0.3 is 0 Å². The number of terminal acetylenes is 1. The van der Waals surface area contributed by atoms with Gasteiger partial charge in [0, 0.05) is 18.1 Å². The predicted molar refractivity (Wildman–Crippen MR) is 90.8 cm³/mol. The quantitative estimate of drug-likeness (QED) is 0.744. The lowest BCUT2D eigenvalue weighted by Gasteiger charge is -2.22. The van der Waals surface area contributed by atoms with Crippen molar-refractivity contribution in [1.82, 2.24) is 20.6 Å². The van der Waals surface area contributed by atoms with E-state index in [2.05, 4.69) is 26.5 Å². The van der Waals surface area contributed by atoms with E-state index in [4.69, 9.17) is 6.42 Å². The summed E-state index contributed by atoms with van der Waals surface area (Å²) >= 11 is 0. The molecule has 1 aromatic heterocycles. The van der Waals surface area contributed by atoms with E-state index < -0.39 is 5.82 Å². The molecule has 0 atom stereocenters. The molecule has 0 fully saturated rings. The molecule has 3 aromatic rings. The zero-order valence-electron chi connectivity index (χ0n) is 13.4. The topological polar surface area (TPSA) is 74.8 Å². The summed E-state index contributed by atoms with van der Waals surface area (Å²) in [6, 6.07) is 11.6. The second-order valence-corrected chi connectivity index (χ2v) is 5.37. The highest BCUT2D eigenvalue weighted by Gasteiger charge is 2.18. The minimum absolute atomic E-state index is 0.146. The first-order valence-electron chi connectivity index (χ1n) is 7.46. The van der Waals surface area contributed by atoms with Crippen LogP contribution in [0.25, 0.3) is 11.4 Å². The highest BCUT2D eigenvalue weighted by Crippen LogP contribution is 2.27. The summed E-state index contributed by atoms with van der Waals surface area (Å²) in [6.07, 6.45) is 5.41. The number of hydrogen-bond acceptors (Lipinski definition) is 4. The zero-order valence-corrected chi connectivity index (χ0v) is 13.4. The molecule has 6 nitrogen and oxygen atoms in total. The molecule has 1 heterocycles. The Morgan fingerprint density at radius 2 is 2.16 bits per heavy atom. The van der Waals surface area contributed by atoms with Crippen LogP contribution in [0.5, 0.6) is 0 Å². The Morgan fingerprint density at radius 3 is 2.84 bits per heavy atom. The summed E-state index contributed by atoms with van der Waals surface area (Å²) in [5.74, 6) is 2.12. The molecule has 0 aliphatic rings. The van der Waals surface area contributed by atoms with E-state index in [9.17, 15) is 9.18 Å². The van der Waals surface area contributed by atoms with Crippen LogP contribution in [0.2, 0.25) is 0 Å². The van der Waals surface area contributed by atoms with Gasteiger partial charge < -0.3 is 4.90 Å². The number of halogens is 1. The number of H-pyrrole nitrogens is 1. The second-order valence-electron chi connectivity index (χ2n) is 5.37. The molecule has 3 rings (SSSR count). The Kier molecular flexibility index (Phi) is 4.53. The Hall–Kier alpha value is -3.53. The lowest BCUT2D eigenvalue weighted by molar-refractivity contribution is -0.116. The van der Waals surface area contributed by atoms with Crippen molar-refractivity contribution in [3.8, 4) is 23.7 Å². The minimum Gasteiger partial charge on any atom is -0.305 e. The summed E-state index contributed by atoms with van der Waals surface area (Å²) in [7, 11) is 0. The van der Waals surface area contributed by atoms with Gasteiger partial charge in [0.1, 0.15) is 5.82 Å². The fourth-order valence-electron chi connectivity index (χ4n) is 2.46. The summed E-state index contributed by atoms with van der Waals surface area (Å²) in [4.78, 5) is 13.5. The molecule has 7 heteroatoms. The van der Waals surface area contributed by atoms with Crippen LogP contribution in [-0.2, 0) is 11.3 Å². The number of anilines is 1. The fraction of sp³-hybridized carbons (Fsp3) is 0.111. The molecule has 0 spiro atoms. The average molecular weight is 335 g/mol. The standard InChI is InChI=1S/C18H14FN5O/c1-3-13-5-4-6-14(9-13)11-24(12(2)25)17-10-15(7-8-16(17)19)18-20-22-23-21-18/h1,4-10H,11H2,2H3,(H,20,21,22,23). The van der Waals surface area contributed by atoms with Gasteiger partial charge in [0.2, 0.25) is 5.91 Å². The van der Waals surface area contributed by atoms with Gasteiger partial charge in [-0.3, -0.25) is 4.79 Å². The van der Waals surface area contributed by atoms with Gasteiger partial charge in [-0.15, -0.1) is 11.5 Å². The summed E-state index contributed by atoms with van der Waals surface area (Å²) in [6.45, 7) is 1.58. The Bertz CT molecular complexity index is 946. The van der Waals surface area contributed by atoms with Crippen molar-refractivity contribution in [3.63, 3.8) is 0 Å². The molecule has 1 N–H and O–H groups in total. The van der Waals surface area contributed by atoms with Crippen LogP contribution >= 0.6 is 0 Å². The lowest BCUT2D eigenvalue weighted by atomic mass is 10.1. The van der Waals surface area contributed by atoms with Gasteiger partial charge in [0.05, 0.1) is 12.2 Å². The number of tetrazole rings is 1. The van der Waals surface area contributed by atoms with Gasteiger partial charge in [-0.2, -0.15) is 0 Å². The maximum absolute atomic E-state index is 14.4. The van der Waals surface area contributed by atoms with Gasteiger partial charge in [-0.25, -0.2) is 9.49 Å². The first-order valence-corrected chi connectivity index (χ1v) is 7.46. The number of nitrogens with one attached hydrogen (secondary N) is 1. The third kappa shape index (κ3) is 3.53. The van der Waals surface area contributed by atoms with E-state index in [1.807, 2.05) is 6.07 Å². The molecule has 0 saturated carbocycles. The maximum atomic E-state index is 14.4. The third-order valence-electron chi connectivity index (χ3n) is 3.67. The number of benzene rings is 2. The van der Waals surface area contributed by atoms with E-state index in [0.717, 1.165) is 5.56 Å². The van der Waals surface area contributed by atoms with Crippen molar-refractivity contribution in [2.24, 2.45) is 0 Å². The Balaban J connectivity index is 1.99. The van der Waals surface area contributed by atoms with E-state index in [0.29, 0.717) is 17.0 Å². The van der Waals surface area contributed by atoms with Crippen molar-refractivity contribution in [3.05, 3.63) is 59.4 Å². The number of rotatable bonds is 4. The third-order valence-corrected chi connectivity index (χ3v) is 3.67. The van der Waals surface area contributed by atoms with Crippen molar-refractivity contribution >= 4 is 11.6 Å². The largest absolute Gasteiger partial charge is 0.305 e. The molecular weight excluding hydrogens is 321 g/mol. The maximum Gasteiger partial charge on any atom is 0.224 e. The molecule has 2 aromatic carbocycles. The second kappa shape index (κ2) is 6.93. The summed E-state index contributed by atoms with van der Waals surface area (Å²) in [5.41, 5.74) is 2.22. The predicted octanol–water partition coefficient (Wildman–Crippen LogP) is 2.54. The molecule has 0 unspecified atom stereocenters. The van der Waals surface area contributed by atoms with Gasteiger partial charge in [0.15, 0.2) is 5.82 Å². The summed E-state index contributed by atoms with van der Waals surface area (Å²) < 4.78 is 14.4. The first-order chi connectivity index (χ1) is 12.1. The molecule has 0 aliphatic carbocycles. The highest BCUT2D eigenvalue weighted by atomic mass is 19.1. The molecule has 0 radical (unpaired) electrons. The van der Waals surface area contributed by atoms with Crippen LogP contribution in [0, 0.1) is 18.2 Å². The molecule has 1 amide bonds. The first kappa shape index (κ1) is 16.3. The van der Waals surface area contributed by atoms with E-state index in [1.165, 1.54) is 30.0 Å². The highest BCUT2D eigenvalue weighted by molar-refractivity contribution is 5.92. The Morgan fingerprint density at radius 1 is 1.32 bits per heavy atom.